The number of carbonyl (C=O) groups excluding carboxylic acids is 1. The van der Waals surface area contributed by atoms with Gasteiger partial charge in [-0.15, -0.1) is 0 Å². The first-order valence-corrected chi connectivity index (χ1v) is 18.2. The number of carbonyl (C=O) groups is 1. The second kappa shape index (κ2) is 21.8. The number of hydrogen-bond acceptors (Lipinski definition) is 3. The molecule has 3 aromatic rings. The Kier molecular flexibility index (Phi) is 17.7. The monoisotopic (exact) mass is 600 g/mol. The smallest absolute Gasteiger partial charge is 0.347 e. The zero-order chi connectivity index (χ0) is 31.2. The summed E-state index contributed by atoms with van der Waals surface area (Å²) in [4.78, 5) is 13.2. The van der Waals surface area contributed by atoms with Crippen molar-refractivity contribution in [1.82, 2.24) is 0 Å². The van der Waals surface area contributed by atoms with Crippen LogP contribution in [0.25, 0.3) is 10.8 Å². The van der Waals surface area contributed by atoms with Gasteiger partial charge < -0.3 is 9.84 Å². The summed E-state index contributed by atoms with van der Waals surface area (Å²) in [6.07, 6.45) is 28.3. The molecule has 0 aromatic heterocycles. The van der Waals surface area contributed by atoms with E-state index in [1.54, 1.807) is 0 Å². The topological polar surface area (TPSA) is 46.5 Å². The van der Waals surface area contributed by atoms with Gasteiger partial charge in [-0.3, -0.25) is 0 Å². The first kappa shape index (κ1) is 35.7. The highest BCUT2D eigenvalue weighted by Crippen LogP contribution is 2.33. The molecule has 3 rings (SSSR count). The zero-order valence-corrected chi connectivity index (χ0v) is 28.0. The maximum Gasteiger partial charge on any atom is 0.347 e. The van der Waals surface area contributed by atoms with E-state index in [1.807, 2.05) is 42.5 Å². The summed E-state index contributed by atoms with van der Waals surface area (Å²) in [5, 5.41) is 12.8. The van der Waals surface area contributed by atoms with Crippen LogP contribution in [0.3, 0.4) is 0 Å². The fraction of sp³-hybridized carbons (Fsp3) is 0.585. The first-order valence-electron chi connectivity index (χ1n) is 18.2. The summed E-state index contributed by atoms with van der Waals surface area (Å²) in [6, 6.07) is 17.6. The number of rotatable bonds is 24. The van der Waals surface area contributed by atoms with E-state index in [4.69, 9.17) is 4.74 Å². The van der Waals surface area contributed by atoms with Crippen molar-refractivity contribution in [1.29, 1.82) is 0 Å². The fourth-order valence-corrected chi connectivity index (χ4v) is 6.30. The molecular weight excluding hydrogens is 540 g/mol. The van der Waals surface area contributed by atoms with E-state index in [-0.39, 0.29) is 11.3 Å². The van der Waals surface area contributed by atoms with Crippen LogP contribution in [0, 0.1) is 0 Å². The molecule has 0 heterocycles. The minimum Gasteiger partial charge on any atom is -0.506 e. The third-order valence-electron chi connectivity index (χ3n) is 9.07. The molecule has 0 radical (unpaired) electrons. The molecule has 3 nitrogen and oxygen atoms in total. The molecule has 44 heavy (non-hydrogen) atoms. The van der Waals surface area contributed by atoms with Crippen molar-refractivity contribution in [2.45, 2.75) is 155 Å². The van der Waals surface area contributed by atoms with E-state index < -0.39 is 5.97 Å². The highest BCUT2D eigenvalue weighted by molar-refractivity contribution is 6.03. The van der Waals surface area contributed by atoms with Gasteiger partial charge in [0.2, 0.25) is 0 Å². The molecule has 0 bridgehead atoms. The number of aromatic hydroxyl groups is 1. The van der Waals surface area contributed by atoms with Gasteiger partial charge in [0, 0.05) is 5.39 Å². The Labute approximate surface area is 268 Å². The third-order valence-corrected chi connectivity index (χ3v) is 9.07. The van der Waals surface area contributed by atoms with Gasteiger partial charge in [-0.25, -0.2) is 4.79 Å². The summed E-state index contributed by atoms with van der Waals surface area (Å²) >= 11 is 0. The Morgan fingerprint density at radius 3 is 1.55 bits per heavy atom. The second-order valence-electron chi connectivity index (χ2n) is 12.9. The van der Waals surface area contributed by atoms with Gasteiger partial charge in [-0.1, -0.05) is 166 Å². The lowest BCUT2D eigenvalue weighted by molar-refractivity contribution is 0.0732. The van der Waals surface area contributed by atoms with Crippen LogP contribution in [-0.4, -0.2) is 11.1 Å². The van der Waals surface area contributed by atoms with Gasteiger partial charge in [0.15, 0.2) is 0 Å². The number of phenols is 1. The molecule has 0 saturated carbocycles. The molecule has 0 amide bonds. The largest absolute Gasteiger partial charge is 0.506 e. The predicted molar refractivity (Wildman–Crippen MR) is 188 cm³/mol. The lowest BCUT2D eigenvalue weighted by Gasteiger charge is -2.13. The summed E-state index contributed by atoms with van der Waals surface area (Å²) in [6.45, 7) is 4.54. The van der Waals surface area contributed by atoms with Crippen LogP contribution >= 0.6 is 0 Å². The Bertz CT molecular complexity index is 1200. The van der Waals surface area contributed by atoms with Crippen molar-refractivity contribution in [2.75, 3.05) is 0 Å². The van der Waals surface area contributed by atoms with Gasteiger partial charge in [0.25, 0.3) is 0 Å². The van der Waals surface area contributed by atoms with Gasteiger partial charge in [0.05, 0.1) is 0 Å². The minimum atomic E-state index is -0.500. The number of aryl methyl sites for hydroxylation is 2. The summed E-state index contributed by atoms with van der Waals surface area (Å²) < 4.78 is 5.75. The molecular formula is C41H60O3. The Balaban J connectivity index is 1.45. The van der Waals surface area contributed by atoms with Crippen molar-refractivity contribution in [3.63, 3.8) is 0 Å². The molecule has 3 heteroatoms. The van der Waals surface area contributed by atoms with Crippen molar-refractivity contribution in [2.24, 2.45) is 0 Å². The van der Waals surface area contributed by atoms with Crippen LogP contribution < -0.4 is 4.74 Å². The molecule has 0 aliphatic carbocycles. The average molecular weight is 601 g/mol. The van der Waals surface area contributed by atoms with Crippen LogP contribution in [0.5, 0.6) is 11.5 Å². The number of benzene rings is 3. The number of esters is 1. The first-order chi connectivity index (χ1) is 21.6. The number of ether oxygens (including phenoxy) is 1. The number of fused-ring (bicyclic) bond motifs is 1. The van der Waals surface area contributed by atoms with E-state index in [0.29, 0.717) is 5.75 Å². The van der Waals surface area contributed by atoms with E-state index >= 15 is 0 Å². The zero-order valence-electron chi connectivity index (χ0n) is 28.0. The maximum atomic E-state index is 13.2. The van der Waals surface area contributed by atoms with Gasteiger partial charge in [-0.05, 0) is 60.4 Å². The molecule has 3 aromatic carbocycles. The molecule has 0 atom stereocenters. The lowest BCUT2D eigenvalue weighted by atomic mass is 9.95. The van der Waals surface area contributed by atoms with Crippen LogP contribution in [0.15, 0.2) is 54.6 Å². The van der Waals surface area contributed by atoms with Crippen molar-refractivity contribution >= 4 is 16.7 Å². The highest BCUT2D eigenvalue weighted by atomic mass is 16.5. The van der Waals surface area contributed by atoms with Crippen molar-refractivity contribution < 1.29 is 14.6 Å². The Hall–Kier alpha value is -2.81. The Morgan fingerprint density at radius 1 is 0.568 bits per heavy atom. The normalized spacial score (nSPS) is 11.3. The van der Waals surface area contributed by atoms with E-state index in [9.17, 15) is 9.90 Å². The lowest BCUT2D eigenvalue weighted by Crippen LogP contribution is -2.10. The molecule has 0 aliphatic heterocycles. The SMILES string of the molecule is CCCCCCCCCCCCc1ccc(OC(=O)c2cc(CCCCCCCCCCCC)c3ccccc3c2O)cc1. The van der Waals surface area contributed by atoms with Crippen LogP contribution in [0.1, 0.15) is 164 Å². The quantitative estimate of drug-likeness (QED) is 0.0632. The Morgan fingerprint density at radius 2 is 1.02 bits per heavy atom. The summed E-state index contributed by atoms with van der Waals surface area (Å²) in [5.74, 6) is 0.0284. The van der Waals surface area contributed by atoms with Gasteiger partial charge >= 0.3 is 5.97 Å². The number of phenolic OH excluding ortho intramolecular Hbond substituents is 1. The molecule has 0 aliphatic rings. The van der Waals surface area contributed by atoms with Gasteiger partial charge in [0.1, 0.15) is 17.1 Å². The predicted octanol–water partition coefficient (Wildman–Crippen LogP) is 12.7. The maximum absolute atomic E-state index is 13.2. The number of hydrogen-bond donors (Lipinski definition) is 1. The average Bonchev–Trinajstić information content (AvgIpc) is 3.04. The fourth-order valence-electron chi connectivity index (χ4n) is 6.30. The van der Waals surface area contributed by atoms with Gasteiger partial charge in [-0.2, -0.15) is 0 Å². The van der Waals surface area contributed by atoms with E-state index in [1.165, 1.54) is 128 Å². The number of unbranched alkanes of at least 4 members (excludes halogenated alkanes) is 18. The minimum absolute atomic E-state index is 0.00926. The van der Waals surface area contributed by atoms with Crippen molar-refractivity contribution in [3.05, 3.63) is 71.3 Å². The third kappa shape index (κ3) is 13.0. The molecule has 0 spiro atoms. The summed E-state index contributed by atoms with van der Waals surface area (Å²) in [5.41, 5.74) is 2.63. The summed E-state index contributed by atoms with van der Waals surface area (Å²) in [7, 11) is 0. The van der Waals surface area contributed by atoms with E-state index in [2.05, 4.69) is 26.0 Å². The van der Waals surface area contributed by atoms with Crippen LogP contribution in [0.4, 0.5) is 0 Å². The standard InChI is InChI=1S/C41H60O3/c1-3-5-7-9-11-13-15-17-19-21-25-34-29-31-36(32-30-34)44-41(43)39-33-35(37-27-23-24-28-38(37)40(39)42)26-22-20-18-16-14-12-10-8-6-4-2/h23-24,27-33,42H,3-22,25-26H2,1-2H3. The highest BCUT2D eigenvalue weighted by Gasteiger charge is 2.19. The van der Waals surface area contributed by atoms with Crippen molar-refractivity contribution in [3.8, 4) is 11.5 Å². The van der Waals surface area contributed by atoms with E-state index in [0.717, 1.165) is 35.6 Å². The molecule has 0 unspecified atom stereocenters. The molecule has 242 valence electrons. The molecule has 0 fully saturated rings. The molecule has 1 N–H and O–H groups in total. The second-order valence-corrected chi connectivity index (χ2v) is 12.9. The van der Waals surface area contributed by atoms with Crippen LogP contribution in [-0.2, 0) is 12.8 Å². The van der Waals surface area contributed by atoms with Crippen LogP contribution in [0.2, 0.25) is 0 Å². The molecule has 0 saturated heterocycles.